The quantitative estimate of drug-likeness (QED) is 0.522. The lowest BCUT2D eigenvalue weighted by Gasteiger charge is -2.17. The molecule has 0 aliphatic carbocycles. The molecule has 0 spiro atoms. The van der Waals surface area contributed by atoms with Gasteiger partial charge >= 0.3 is 0 Å². The van der Waals surface area contributed by atoms with Gasteiger partial charge in [-0.2, -0.15) is 0 Å². The molecule has 8 nitrogen and oxygen atoms in total. The largest absolute Gasteiger partial charge is 0.373 e. The van der Waals surface area contributed by atoms with Crippen molar-refractivity contribution in [2.45, 2.75) is 13.2 Å². The van der Waals surface area contributed by atoms with Crippen molar-refractivity contribution in [1.82, 2.24) is 24.8 Å². The highest BCUT2D eigenvalue weighted by atomic mass is 16.3. The number of hydrogen-bond donors (Lipinski definition) is 4. The molecule has 0 bridgehead atoms. The van der Waals surface area contributed by atoms with E-state index >= 15 is 0 Å². The summed E-state index contributed by atoms with van der Waals surface area (Å²) in [5, 5.41) is 18.0. The van der Waals surface area contributed by atoms with Crippen LogP contribution in [0.5, 0.6) is 0 Å². The van der Waals surface area contributed by atoms with Crippen molar-refractivity contribution in [1.29, 1.82) is 0 Å². The molecule has 1 aromatic carbocycles. The second-order valence-electron chi connectivity index (χ2n) is 7.30. The van der Waals surface area contributed by atoms with E-state index in [-0.39, 0.29) is 0 Å². The third-order valence-electron chi connectivity index (χ3n) is 4.76. The summed E-state index contributed by atoms with van der Waals surface area (Å²) in [7, 11) is 5.63. The molecule has 0 fully saturated rings. The van der Waals surface area contributed by atoms with Gasteiger partial charge in [-0.1, -0.05) is 0 Å². The lowest BCUT2D eigenvalue weighted by Crippen LogP contribution is -2.32. The minimum Gasteiger partial charge on any atom is -0.373 e. The predicted molar refractivity (Wildman–Crippen MR) is 112 cm³/mol. The zero-order valence-corrected chi connectivity index (χ0v) is 16.5. The van der Waals surface area contributed by atoms with Crippen molar-refractivity contribution >= 4 is 28.2 Å². The summed E-state index contributed by atoms with van der Waals surface area (Å²) in [5.74, 6) is 0.686. The van der Waals surface area contributed by atoms with Crippen LogP contribution in [0.25, 0.3) is 16.6 Å². The second-order valence-corrected chi connectivity index (χ2v) is 7.30. The van der Waals surface area contributed by atoms with Gasteiger partial charge in [0.05, 0.1) is 24.3 Å². The maximum atomic E-state index is 10.3. The summed E-state index contributed by atoms with van der Waals surface area (Å²) in [6, 6.07) is 6.09. The number of rotatable bonds is 4. The molecule has 0 saturated heterocycles. The number of aliphatic hydroxyl groups excluding tert-OH is 1. The van der Waals surface area contributed by atoms with Gasteiger partial charge in [-0.05, 0) is 50.9 Å². The van der Waals surface area contributed by atoms with Crippen molar-refractivity contribution in [2.75, 3.05) is 26.0 Å². The molecule has 0 radical (unpaired) electrons. The van der Waals surface area contributed by atoms with E-state index in [4.69, 9.17) is 0 Å². The smallest absolute Gasteiger partial charge is 0.200 e. The Bertz CT molecular complexity index is 1070. The zero-order valence-electron chi connectivity index (χ0n) is 16.5. The fraction of sp³-hybridized carbons (Fsp3) is 0.300. The second kappa shape index (κ2) is 7.14. The molecule has 1 aliphatic rings. The van der Waals surface area contributed by atoms with Gasteiger partial charge in [0.2, 0.25) is 5.96 Å². The first-order valence-electron chi connectivity index (χ1n) is 9.15. The molecule has 0 saturated carbocycles. The molecule has 1 unspecified atom stereocenters. The molecule has 146 valence electrons. The Balaban J connectivity index is 1.55. The molecule has 8 heteroatoms. The average molecular weight is 379 g/mol. The van der Waals surface area contributed by atoms with Gasteiger partial charge < -0.3 is 25.3 Å². The summed E-state index contributed by atoms with van der Waals surface area (Å²) >= 11 is 0. The number of hydrogen-bond acceptors (Lipinski definition) is 6. The summed E-state index contributed by atoms with van der Waals surface area (Å²) in [5.41, 5.74) is 5.64. The number of aliphatic imine (C=N–C) groups is 1. The van der Waals surface area contributed by atoms with E-state index in [1.54, 1.807) is 11.2 Å². The van der Waals surface area contributed by atoms with E-state index in [1.807, 2.05) is 57.0 Å². The fourth-order valence-electron chi connectivity index (χ4n) is 3.31. The SMILES string of the molecule is Cc1cc(NC2=NCC=C(c3cn(C)cn3)N2)cc2cc(C(O)N(C)C)[nH]c12. The summed E-state index contributed by atoms with van der Waals surface area (Å²) in [6.07, 6.45) is 5.09. The van der Waals surface area contributed by atoms with Crippen LogP contribution in [0.3, 0.4) is 0 Å². The van der Waals surface area contributed by atoms with Crippen LogP contribution in [-0.4, -0.2) is 51.1 Å². The Hall–Kier alpha value is -3.10. The van der Waals surface area contributed by atoms with Gasteiger partial charge in [-0.15, -0.1) is 0 Å². The Labute approximate surface area is 163 Å². The molecule has 4 N–H and O–H groups in total. The van der Waals surface area contributed by atoms with Gasteiger partial charge in [0.15, 0.2) is 0 Å². The lowest BCUT2D eigenvalue weighted by molar-refractivity contribution is 0.0364. The zero-order chi connectivity index (χ0) is 19.8. The maximum Gasteiger partial charge on any atom is 0.200 e. The van der Waals surface area contributed by atoms with E-state index in [9.17, 15) is 5.11 Å². The molecular formula is C20H25N7O. The Kier molecular flexibility index (Phi) is 4.66. The van der Waals surface area contributed by atoms with Crippen LogP contribution in [0, 0.1) is 6.92 Å². The first kappa shape index (κ1) is 18.3. The molecule has 2 aromatic heterocycles. The number of H-pyrrole nitrogens is 1. The van der Waals surface area contributed by atoms with Gasteiger partial charge in [0.1, 0.15) is 11.9 Å². The van der Waals surface area contributed by atoms with Crippen LogP contribution in [0.4, 0.5) is 5.69 Å². The normalized spacial score (nSPS) is 15.4. The predicted octanol–water partition coefficient (Wildman–Crippen LogP) is 2.17. The summed E-state index contributed by atoms with van der Waals surface area (Å²) in [4.78, 5) is 14.0. The number of aliphatic hydroxyl groups is 1. The Morgan fingerprint density at radius 2 is 2.11 bits per heavy atom. The number of aryl methyl sites for hydroxylation is 2. The number of fused-ring (bicyclic) bond motifs is 1. The monoisotopic (exact) mass is 379 g/mol. The van der Waals surface area contributed by atoms with Crippen molar-refractivity contribution in [3.8, 4) is 0 Å². The lowest BCUT2D eigenvalue weighted by atomic mass is 10.1. The summed E-state index contributed by atoms with van der Waals surface area (Å²) in [6.45, 7) is 2.64. The number of anilines is 1. The van der Waals surface area contributed by atoms with Crippen LogP contribution in [0.15, 0.2) is 41.8 Å². The van der Waals surface area contributed by atoms with Gasteiger partial charge in [0, 0.05) is 29.8 Å². The molecule has 1 aliphatic heterocycles. The highest BCUT2D eigenvalue weighted by Gasteiger charge is 2.15. The number of aromatic amines is 1. The Morgan fingerprint density at radius 3 is 2.82 bits per heavy atom. The number of guanidine groups is 1. The van der Waals surface area contributed by atoms with Crippen LogP contribution < -0.4 is 10.6 Å². The summed E-state index contributed by atoms with van der Waals surface area (Å²) < 4.78 is 1.92. The molecule has 3 heterocycles. The fourth-order valence-corrected chi connectivity index (χ4v) is 3.31. The number of aromatic nitrogens is 3. The maximum absolute atomic E-state index is 10.3. The first-order chi connectivity index (χ1) is 13.4. The van der Waals surface area contributed by atoms with Crippen molar-refractivity contribution < 1.29 is 5.11 Å². The van der Waals surface area contributed by atoms with E-state index in [1.165, 1.54) is 0 Å². The molecule has 28 heavy (non-hydrogen) atoms. The number of nitrogens with zero attached hydrogens (tertiary/aromatic N) is 4. The molecule has 0 amide bonds. The van der Waals surface area contributed by atoms with Gasteiger partial charge in [-0.3, -0.25) is 4.90 Å². The average Bonchev–Trinajstić information content (AvgIpc) is 3.28. The van der Waals surface area contributed by atoms with E-state index in [2.05, 4.69) is 31.7 Å². The highest BCUT2D eigenvalue weighted by Crippen LogP contribution is 2.27. The molecular weight excluding hydrogens is 354 g/mol. The van der Waals surface area contributed by atoms with Crippen LogP contribution in [-0.2, 0) is 7.05 Å². The third kappa shape index (κ3) is 3.51. The minimum absolute atomic E-state index is 0.589. The van der Waals surface area contributed by atoms with Gasteiger partial charge in [0.25, 0.3) is 0 Å². The molecule has 4 rings (SSSR count). The third-order valence-corrected chi connectivity index (χ3v) is 4.76. The molecule has 1 atom stereocenters. The van der Waals surface area contributed by atoms with E-state index in [0.29, 0.717) is 12.5 Å². The number of imidazole rings is 1. The first-order valence-corrected chi connectivity index (χ1v) is 9.15. The van der Waals surface area contributed by atoms with E-state index < -0.39 is 6.23 Å². The van der Waals surface area contributed by atoms with Crippen LogP contribution in [0.2, 0.25) is 0 Å². The molecule has 3 aromatic rings. The topological polar surface area (TPSA) is 93.5 Å². The highest BCUT2D eigenvalue weighted by molar-refractivity contribution is 6.01. The minimum atomic E-state index is -0.668. The van der Waals surface area contributed by atoms with Gasteiger partial charge in [-0.25, -0.2) is 9.98 Å². The van der Waals surface area contributed by atoms with Crippen molar-refractivity contribution in [3.05, 3.63) is 53.8 Å². The van der Waals surface area contributed by atoms with Crippen molar-refractivity contribution in [3.63, 3.8) is 0 Å². The standard InChI is InChI=1S/C20H25N7O/c1-12-7-14(8-13-9-16(24-18(12)13)19(28)26(2)3)23-20-21-6-5-15(25-20)17-10-27(4)11-22-17/h5,7-11,19,24,28H,6H2,1-4H3,(H2,21,23,25). The Morgan fingerprint density at radius 1 is 1.29 bits per heavy atom. The van der Waals surface area contributed by atoms with E-state index in [0.717, 1.165) is 39.2 Å². The van der Waals surface area contributed by atoms with Crippen LogP contribution in [0.1, 0.15) is 23.2 Å². The van der Waals surface area contributed by atoms with Crippen LogP contribution >= 0.6 is 0 Å². The number of benzene rings is 1. The number of nitrogens with one attached hydrogen (secondary N) is 3. The van der Waals surface area contributed by atoms with Crippen molar-refractivity contribution in [2.24, 2.45) is 12.0 Å².